The second kappa shape index (κ2) is 6.45. The molecule has 0 aromatic heterocycles. The van der Waals surface area contributed by atoms with Crippen molar-refractivity contribution in [2.24, 2.45) is 0 Å². The molecule has 0 saturated heterocycles. The number of rotatable bonds is 2. The van der Waals surface area contributed by atoms with Crippen LogP contribution in [0.5, 0.6) is 0 Å². The van der Waals surface area contributed by atoms with E-state index in [4.69, 9.17) is 12.2 Å². The van der Waals surface area contributed by atoms with E-state index in [-0.39, 0.29) is 0 Å². The molecule has 0 spiro atoms. The molecule has 0 amide bonds. The van der Waals surface area contributed by atoms with Crippen molar-refractivity contribution in [2.45, 2.75) is 18.7 Å². The molecule has 1 aliphatic rings. The van der Waals surface area contributed by atoms with Crippen LogP contribution < -0.4 is 10.6 Å². The van der Waals surface area contributed by atoms with E-state index in [9.17, 15) is 5.26 Å². The average molecular weight is 337 g/mol. The van der Waals surface area contributed by atoms with Crippen molar-refractivity contribution in [2.75, 3.05) is 10.6 Å². The predicted octanol–water partition coefficient (Wildman–Crippen LogP) is 5.00. The molecular weight excluding hydrogens is 322 g/mol. The Morgan fingerprint density at radius 2 is 1.96 bits per heavy atom. The van der Waals surface area contributed by atoms with Crippen molar-refractivity contribution in [1.29, 1.82) is 5.26 Å². The molecule has 0 aliphatic carbocycles. The van der Waals surface area contributed by atoms with Crippen LogP contribution in [0.3, 0.4) is 0 Å². The third kappa shape index (κ3) is 3.09. The van der Waals surface area contributed by atoms with Crippen molar-refractivity contribution >= 4 is 40.3 Å². The number of thiocarbonyl (C=S) groups is 1. The summed E-state index contributed by atoms with van der Waals surface area (Å²) < 4.78 is 0. The van der Waals surface area contributed by atoms with E-state index in [0.29, 0.717) is 10.6 Å². The Morgan fingerprint density at radius 1 is 1.17 bits per heavy atom. The number of benzene rings is 2. The first-order chi connectivity index (χ1) is 11.1. The summed E-state index contributed by atoms with van der Waals surface area (Å²) in [5, 5.41) is 16.8. The predicted molar refractivity (Wildman–Crippen MR) is 101 cm³/mol. The molecular formula is C18H15N3S2. The zero-order valence-electron chi connectivity index (χ0n) is 12.8. The zero-order valence-corrected chi connectivity index (χ0v) is 14.4. The monoisotopic (exact) mass is 337 g/mol. The zero-order chi connectivity index (χ0) is 16.4. The van der Waals surface area contributed by atoms with Crippen molar-refractivity contribution in [3.63, 3.8) is 0 Å². The summed E-state index contributed by atoms with van der Waals surface area (Å²) >= 11 is 7.00. The number of nitriles is 1. The van der Waals surface area contributed by atoms with Crippen molar-refractivity contribution < 1.29 is 0 Å². The van der Waals surface area contributed by atoms with Crippen molar-refractivity contribution in [1.82, 2.24) is 0 Å². The maximum absolute atomic E-state index is 9.55. The standard InChI is InChI=1S/C18H15N3S2/c1-11-6-5-8-14(12(11)2)20-17(22)13(10-19)18-21-15-7-3-4-9-16(15)23-18/h3-9,21H,1-2H3,(H,20,22)/b18-13+. The first-order valence-corrected chi connectivity index (χ1v) is 8.38. The second-order valence-corrected chi connectivity index (χ2v) is 6.70. The molecule has 0 fully saturated rings. The van der Waals surface area contributed by atoms with Gasteiger partial charge in [-0.25, -0.2) is 0 Å². The summed E-state index contributed by atoms with van der Waals surface area (Å²) in [7, 11) is 0. The Balaban J connectivity index is 1.88. The largest absolute Gasteiger partial charge is 0.348 e. The molecule has 3 nitrogen and oxygen atoms in total. The molecule has 0 unspecified atom stereocenters. The Kier molecular flexibility index (Phi) is 4.37. The fraction of sp³-hybridized carbons (Fsp3) is 0.111. The maximum atomic E-state index is 9.55. The van der Waals surface area contributed by atoms with Gasteiger partial charge >= 0.3 is 0 Å². The molecule has 2 N–H and O–H groups in total. The van der Waals surface area contributed by atoms with Crippen LogP contribution in [-0.4, -0.2) is 4.99 Å². The van der Waals surface area contributed by atoms with Crippen LogP contribution >= 0.6 is 24.0 Å². The second-order valence-electron chi connectivity index (χ2n) is 5.24. The number of para-hydroxylation sites is 1. The van der Waals surface area contributed by atoms with Gasteiger partial charge < -0.3 is 10.6 Å². The summed E-state index contributed by atoms with van der Waals surface area (Å²) in [6.45, 7) is 4.09. The van der Waals surface area contributed by atoms with Crippen LogP contribution in [0.4, 0.5) is 11.4 Å². The van der Waals surface area contributed by atoms with Crippen LogP contribution in [-0.2, 0) is 0 Å². The van der Waals surface area contributed by atoms with Gasteiger partial charge in [-0.3, -0.25) is 0 Å². The lowest BCUT2D eigenvalue weighted by Gasteiger charge is -2.12. The van der Waals surface area contributed by atoms with Gasteiger partial charge in [-0.2, -0.15) is 5.26 Å². The minimum atomic E-state index is 0.434. The SMILES string of the molecule is Cc1cccc(NC(=S)/C(C#N)=C2\Nc3ccccc3S2)c1C. The first kappa shape index (κ1) is 15.6. The Bertz CT molecular complexity index is 836. The van der Waals surface area contributed by atoms with Gasteiger partial charge in [0.25, 0.3) is 0 Å². The van der Waals surface area contributed by atoms with Gasteiger partial charge in [-0.05, 0) is 43.2 Å². The van der Waals surface area contributed by atoms with Gasteiger partial charge in [0.1, 0.15) is 16.6 Å². The van der Waals surface area contributed by atoms with Gasteiger partial charge in [0.05, 0.1) is 10.7 Å². The highest BCUT2D eigenvalue weighted by molar-refractivity contribution is 8.03. The molecule has 1 heterocycles. The van der Waals surface area contributed by atoms with Gasteiger partial charge in [0.2, 0.25) is 0 Å². The van der Waals surface area contributed by atoms with Crippen LogP contribution in [0.1, 0.15) is 11.1 Å². The first-order valence-electron chi connectivity index (χ1n) is 7.16. The van der Waals surface area contributed by atoms with Gasteiger partial charge in [0.15, 0.2) is 0 Å². The van der Waals surface area contributed by atoms with Crippen LogP contribution in [0.2, 0.25) is 0 Å². The van der Waals surface area contributed by atoms with Gasteiger partial charge in [-0.15, -0.1) is 0 Å². The minimum absolute atomic E-state index is 0.434. The molecule has 0 atom stereocenters. The molecule has 3 rings (SSSR count). The summed E-state index contributed by atoms with van der Waals surface area (Å²) in [4.78, 5) is 1.54. The van der Waals surface area contributed by atoms with E-state index in [1.807, 2.05) is 43.3 Å². The average Bonchev–Trinajstić information content (AvgIpc) is 2.96. The van der Waals surface area contributed by atoms with E-state index < -0.39 is 0 Å². The fourth-order valence-electron chi connectivity index (χ4n) is 2.31. The third-order valence-corrected chi connectivity index (χ3v) is 5.16. The molecule has 0 saturated carbocycles. The number of anilines is 2. The van der Waals surface area contributed by atoms with Gasteiger partial charge in [-0.1, -0.05) is 48.2 Å². The molecule has 114 valence electrons. The minimum Gasteiger partial charge on any atom is -0.348 e. The van der Waals surface area contributed by atoms with Crippen LogP contribution in [0, 0.1) is 25.2 Å². The van der Waals surface area contributed by atoms with Crippen LogP contribution in [0.25, 0.3) is 0 Å². The van der Waals surface area contributed by atoms with Crippen molar-refractivity contribution in [3.05, 3.63) is 64.2 Å². The summed E-state index contributed by atoms with van der Waals surface area (Å²) in [6, 6.07) is 16.2. The highest BCUT2D eigenvalue weighted by atomic mass is 32.2. The number of fused-ring (bicyclic) bond motifs is 1. The lowest BCUT2D eigenvalue weighted by Crippen LogP contribution is -2.14. The topological polar surface area (TPSA) is 47.9 Å². The Morgan fingerprint density at radius 3 is 2.70 bits per heavy atom. The number of thioether (sulfide) groups is 1. The van der Waals surface area contributed by atoms with E-state index in [2.05, 4.69) is 29.7 Å². The fourth-order valence-corrected chi connectivity index (χ4v) is 3.63. The number of hydrogen-bond acceptors (Lipinski definition) is 4. The molecule has 2 aromatic carbocycles. The van der Waals surface area contributed by atoms with E-state index in [1.54, 1.807) is 0 Å². The molecule has 2 aromatic rings. The van der Waals surface area contributed by atoms with E-state index in [1.165, 1.54) is 17.3 Å². The van der Waals surface area contributed by atoms with Crippen molar-refractivity contribution in [3.8, 4) is 6.07 Å². The normalized spacial score (nSPS) is 14.5. The van der Waals surface area contributed by atoms with Crippen LogP contribution in [0.15, 0.2) is 58.0 Å². The summed E-state index contributed by atoms with van der Waals surface area (Å²) in [6.07, 6.45) is 0. The summed E-state index contributed by atoms with van der Waals surface area (Å²) in [5.74, 6) is 0. The molecule has 5 heteroatoms. The molecule has 0 radical (unpaired) electrons. The third-order valence-electron chi connectivity index (χ3n) is 3.77. The number of aryl methyl sites for hydroxylation is 1. The smallest absolute Gasteiger partial charge is 0.124 e. The summed E-state index contributed by atoms with van der Waals surface area (Å²) in [5.41, 5.74) is 4.72. The van der Waals surface area contributed by atoms with E-state index in [0.717, 1.165) is 26.9 Å². The quantitative estimate of drug-likeness (QED) is 0.459. The number of nitrogens with one attached hydrogen (secondary N) is 2. The molecule has 0 bridgehead atoms. The van der Waals surface area contributed by atoms with Gasteiger partial charge in [0, 0.05) is 10.6 Å². The molecule has 23 heavy (non-hydrogen) atoms. The highest BCUT2D eigenvalue weighted by Crippen LogP contribution is 2.42. The Hall–Kier alpha value is -2.29. The number of nitrogens with zero attached hydrogens (tertiary/aromatic N) is 1. The maximum Gasteiger partial charge on any atom is 0.124 e. The lowest BCUT2D eigenvalue weighted by molar-refractivity contribution is 1.34. The Labute approximate surface area is 145 Å². The lowest BCUT2D eigenvalue weighted by atomic mass is 10.1. The van der Waals surface area contributed by atoms with E-state index >= 15 is 0 Å². The number of hydrogen-bond donors (Lipinski definition) is 2. The molecule has 1 aliphatic heterocycles. The highest BCUT2D eigenvalue weighted by Gasteiger charge is 2.21.